The first-order valence-electron chi connectivity index (χ1n) is 8.24. The number of hydrogen-bond acceptors (Lipinski definition) is 5. The number of rotatable bonds is 8. The summed E-state index contributed by atoms with van der Waals surface area (Å²) in [6, 6.07) is 3.24. The molecular formula is C20H26O5. The Morgan fingerprint density at radius 3 is 2.08 bits per heavy atom. The fourth-order valence-corrected chi connectivity index (χ4v) is 2.23. The van der Waals surface area contributed by atoms with Crippen LogP contribution >= 0.6 is 0 Å². The summed E-state index contributed by atoms with van der Waals surface area (Å²) in [7, 11) is 4.53. The fraction of sp³-hybridized carbons (Fsp3) is 0.500. The summed E-state index contributed by atoms with van der Waals surface area (Å²) in [4.78, 5) is 0. The van der Waals surface area contributed by atoms with Gasteiger partial charge in [-0.25, -0.2) is 0 Å². The Kier molecular flexibility index (Phi) is 9.32. The van der Waals surface area contributed by atoms with Crippen LogP contribution in [0.2, 0.25) is 0 Å². The van der Waals surface area contributed by atoms with Gasteiger partial charge in [-0.2, -0.15) is 0 Å². The largest absolute Gasteiger partial charge is 0.496 e. The highest BCUT2D eigenvalue weighted by Gasteiger charge is 2.16. The van der Waals surface area contributed by atoms with Crippen molar-refractivity contribution < 1.29 is 24.4 Å². The second kappa shape index (κ2) is 11.3. The van der Waals surface area contributed by atoms with Gasteiger partial charge >= 0.3 is 0 Å². The van der Waals surface area contributed by atoms with E-state index in [4.69, 9.17) is 14.2 Å². The lowest BCUT2D eigenvalue weighted by Crippen LogP contribution is -2.02. The molecule has 0 aliphatic carbocycles. The number of aliphatic hydroxyl groups is 2. The molecule has 0 heterocycles. The Hall–Kier alpha value is -2.34. The van der Waals surface area contributed by atoms with Crippen molar-refractivity contribution in [2.45, 2.75) is 44.8 Å². The van der Waals surface area contributed by atoms with Gasteiger partial charge < -0.3 is 24.4 Å². The molecule has 0 saturated carbocycles. The van der Waals surface area contributed by atoms with Crippen molar-refractivity contribution in [3.05, 3.63) is 17.7 Å². The maximum absolute atomic E-state index is 10.3. The Bertz CT molecular complexity index is 660. The van der Waals surface area contributed by atoms with Gasteiger partial charge in [0.25, 0.3) is 0 Å². The van der Waals surface area contributed by atoms with Gasteiger partial charge in [-0.3, -0.25) is 0 Å². The van der Waals surface area contributed by atoms with E-state index in [0.717, 1.165) is 19.3 Å². The van der Waals surface area contributed by atoms with Crippen molar-refractivity contribution >= 4 is 0 Å². The van der Waals surface area contributed by atoms with Crippen LogP contribution in [-0.2, 0) is 0 Å². The van der Waals surface area contributed by atoms with Crippen molar-refractivity contribution in [3.63, 3.8) is 0 Å². The highest BCUT2D eigenvalue weighted by atomic mass is 16.5. The molecule has 0 amide bonds. The first-order chi connectivity index (χ1) is 12.1. The summed E-state index contributed by atoms with van der Waals surface area (Å²) in [5.41, 5.74) is 0.456. The van der Waals surface area contributed by atoms with Gasteiger partial charge in [0.15, 0.2) is 11.5 Å². The van der Waals surface area contributed by atoms with Crippen LogP contribution in [0.25, 0.3) is 0 Å². The average Bonchev–Trinajstić information content (AvgIpc) is 2.63. The number of unbranched alkanes of at least 4 members (excludes halogenated alkanes) is 2. The topological polar surface area (TPSA) is 68.2 Å². The maximum Gasteiger partial charge on any atom is 0.164 e. The van der Waals surface area contributed by atoms with E-state index in [1.54, 1.807) is 12.1 Å². The van der Waals surface area contributed by atoms with Crippen LogP contribution in [-0.4, -0.2) is 37.6 Å². The van der Waals surface area contributed by atoms with Crippen LogP contribution in [0, 0.1) is 23.7 Å². The van der Waals surface area contributed by atoms with Crippen molar-refractivity contribution in [1.82, 2.24) is 0 Å². The van der Waals surface area contributed by atoms with Crippen LogP contribution < -0.4 is 14.2 Å². The standard InChI is InChI=1S/C20H26O5/c1-5-6-7-10-15(21)11-8-9-12-17(22)16-13-19(24-3)20(25-4)14-18(16)23-2/h13-15,17,21-22H,5-7,10H2,1-4H3. The van der Waals surface area contributed by atoms with Crippen molar-refractivity contribution in [2.75, 3.05) is 21.3 Å². The Morgan fingerprint density at radius 2 is 1.48 bits per heavy atom. The lowest BCUT2D eigenvalue weighted by atomic mass is 10.1. The minimum Gasteiger partial charge on any atom is -0.496 e. The smallest absolute Gasteiger partial charge is 0.164 e. The van der Waals surface area contributed by atoms with E-state index in [1.807, 2.05) is 0 Å². The average molecular weight is 346 g/mol. The van der Waals surface area contributed by atoms with E-state index in [1.165, 1.54) is 21.3 Å². The number of methoxy groups -OCH3 is 3. The van der Waals surface area contributed by atoms with E-state index >= 15 is 0 Å². The van der Waals surface area contributed by atoms with Crippen molar-refractivity contribution in [3.8, 4) is 40.9 Å². The molecule has 0 aliphatic heterocycles. The molecule has 0 aliphatic rings. The first-order valence-corrected chi connectivity index (χ1v) is 8.24. The van der Waals surface area contributed by atoms with Crippen LogP contribution in [0.3, 0.4) is 0 Å². The summed E-state index contributed by atoms with van der Waals surface area (Å²) < 4.78 is 15.7. The highest BCUT2D eigenvalue weighted by Crippen LogP contribution is 2.37. The van der Waals surface area contributed by atoms with E-state index < -0.39 is 12.2 Å². The Balaban J connectivity index is 2.86. The molecule has 0 radical (unpaired) electrons. The molecule has 25 heavy (non-hydrogen) atoms. The van der Waals surface area contributed by atoms with Gasteiger partial charge in [0.2, 0.25) is 0 Å². The molecule has 0 spiro atoms. The predicted molar refractivity (Wildman–Crippen MR) is 96.8 cm³/mol. The highest BCUT2D eigenvalue weighted by molar-refractivity contribution is 5.53. The van der Waals surface area contributed by atoms with Crippen molar-refractivity contribution in [2.24, 2.45) is 0 Å². The summed E-state index contributed by atoms with van der Waals surface area (Å²) in [5, 5.41) is 20.0. The van der Waals surface area contributed by atoms with E-state index in [0.29, 0.717) is 29.2 Å². The first kappa shape index (κ1) is 20.7. The molecule has 0 fully saturated rings. The fourth-order valence-electron chi connectivity index (χ4n) is 2.23. The molecule has 1 rings (SSSR count). The van der Waals surface area contributed by atoms with Gasteiger partial charge in [0.1, 0.15) is 18.0 Å². The van der Waals surface area contributed by atoms with Gasteiger partial charge in [-0.05, 0) is 30.7 Å². The number of ether oxygens (including phenoxy) is 3. The zero-order valence-corrected chi connectivity index (χ0v) is 15.3. The molecule has 1 aromatic carbocycles. The second-order valence-corrected chi connectivity index (χ2v) is 5.40. The summed E-state index contributed by atoms with van der Waals surface area (Å²) >= 11 is 0. The number of benzene rings is 1. The molecule has 0 bridgehead atoms. The summed E-state index contributed by atoms with van der Waals surface area (Å²) in [6.45, 7) is 2.10. The predicted octanol–water partition coefficient (Wildman–Crippen LogP) is 2.69. The third kappa shape index (κ3) is 6.58. The van der Waals surface area contributed by atoms with Gasteiger partial charge in [-0.15, -0.1) is 0 Å². The molecule has 5 heteroatoms. The summed E-state index contributed by atoms with van der Waals surface area (Å²) in [6.07, 6.45) is 1.95. The monoisotopic (exact) mass is 346 g/mol. The van der Waals surface area contributed by atoms with Crippen LogP contribution in [0.5, 0.6) is 17.2 Å². The SMILES string of the molecule is CCCCCC(O)C#CC#CC(O)c1cc(OC)c(OC)cc1OC. The Labute approximate surface area is 149 Å². The van der Waals surface area contributed by atoms with Gasteiger partial charge in [0, 0.05) is 11.6 Å². The van der Waals surface area contributed by atoms with Crippen LogP contribution in [0.15, 0.2) is 12.1 Å². The minimum atomic E-state index is -1.10. The number of hydrogen-bond donors (Lipinski definition) is 2. The lowest BCUT2D eigenvalue weighted by Gasteiger charge is -2.15. The van der Waals surface area contributed by atoms with Crippen molar-refractivity contribution in [1.29, 1.82) is 0 Å². The Morgan fingerprint density at radius 1 is 0.880 bits per heavy atom. The minimum absolute atomic E-state index is 0.437. The molecule has 2 unspecified atom stereocenters. The second-order valence-electron chi connectivity index (χ2n) is 5.40. The van der Waals surface area contributed by atoms with E-state index in [9.17, 15) is 10.2 Å². The molecule has 1 aromatic rings. The molecular weight excluding hydrogens is 320 g/mol. The number of aliphatic hydroxyl groups excluding tert-OH is 2. The molecule has 136 valence electrons. The third-order valence-corrected chi connectivity index (χ3v) is 3.62. The molecule has 0 aromatic heterocycles. The van der Waals surface area contributed by atoms with Crippen LogP contribution in [0.1, 0.15) is 44.3 Å². The quantitative estimate of drug-likeness (QED) is 0.559. The molecule has 5 nitrogen and oxygen atoms in total. The third-order valence-electron chi connectivity index (χ3n) is 3.62. The van der Waals surface area contributed by atoms with Crippen LogP contribution in [0.4, 0.5) is 0 Å². The summed E-state index contributed by atoms with van der Waals surface area (Å²) in [5.74, 6) is 11.9. The molecule has 2 N–H and O–H groups in total. The zero-order valence-electron chi connectivity index (χ0n) is 15.3. The normalized spacial score (nSPS) is 12.1. The van der Waals surface area contributed by atoms with Gasteiger partial charge in [0.05, 0.1) is 21.3 Å². The van der Waals surface area contributed by atoms with E-state index in [-0.39, 0.29) is 0 Å². The maximum atomic E-state index is 10.3. The van der Waals surface area contributed by atoms with E-state index in [2.05, 4.69) is 30.6 Å². The molecule has 0 saturated heterocycles. The zero-order chi connectivity index (χ0) is 18.7. The lowest BCUT2D eigenvalue weighted by molar-refractivity contribution is 0.217. The molecule has 2 atom stereocenters. The van der Waals surface area contributed by atoms with Gasteiger partial charge in [-0.1, -0.05) is 31.6 Å².